The van der Waals surface area contributed by atoms with E-state index in [0.29, 0.717) is 12.0 Å². The number of fused-ring (bicyclic) bond motifs is 1. The summed E-state index contributed by atoms with van der Waals surface area (Å²) >= 11 is 0. The lowest BCUT2D eigenvalue weighted by Gasteiger charge is -2.47. The van der Waals surface area contributed by atoms with Crippen molar-refractivity contribution >= 4 is 11.6 Å². The number of carbonyl (C=O) groups excluding carboxylic acids is 2. The number of benzene rings is 1. The second-order valence-corrected chi connectivity index (χ2v) is 7.24. The van der Waals surface area contributed by atoms with Crippen molar-refractivity contribution in [2.24, 2.45) is 11.3 Å². The summed E-state index contributed by atoms with van der Waals surface area (Å²) in [5, 5.41) is 10.4. The second kappa shape index (κ2) is 6.65. The van der Waals surface area contributed by atoms with Gasteiger partial charge in [0.05, 0.1) is 5.41 Å². The number of carbonyl (C=O) groups is 2. The first-order valence-electron chi connectivity index (χ1n) is 8.67. The van der Waals surface area contributed by atoms with Crippen LogP contribution in [0.25, 0.3) is 0 Å². The average Bonchev–Trinajstić information content (AvgIpc) is 2.60. The molecular formula is C21H19F3O4. The van der Waals surface area contributed by atoms with Crippen molar-refractivity contribution in [3.8, 4) is 11.5 Å². The maximum atomic E-state index is 13.1. The number of alkyl halides is 3. The van der Waals surface area contributed by atoms with Gasteiger partial charge in [-0.1, -0.05) is 25.7 Å². The molecule has 0 fully saturated rings. The highest BCUT2D eigenvalue weighted by molar-refractivity contribution is 6.13. The summed E-state index contributed by atoms with van der Waals surface area (Å²) in [4.78, 5) is 25.7. The van der Waals surface area contributed by atoms with Crippen LogP contribution in [0.4, 0.5) is 13.2 Å². The standard InChI is InChI=1S/C21H19F3O4/c1-4-12-5-7-15-17(26)9-11(2)19(27)20(15,3)18(12)14-10-13(6-8-16(14)25)28-21(22,23)24/h4-6,8-10,15,18,25H,1,7H2,2-3H3. The highest BCUT2D eigenvalue weighted by Gasteiger charge is 2.55. The Morgan fingerprint density at radius 1 is 1.32 bits per heavy atom. The van der Waals surface area contributed by atoms with E-state index in [4.69, 9.17) is 0 Å². The molecule has 0 amide bonds. The van der Waals surface area contributed by atoms with E-state index in [9.17, 15) is 27.9 Å². The van der Waals surface area contributed by atoms with E-state index < -0.39 is 29.4 Å². The van der Waals surface area contributed by atoms with Crippen molar-refractivity contribution < 1.29 is 32.6 Å². The fraction of sp³-hybridized carbons (Fsp3) is 0.333. The van der Waals surface area contributed by atoms with Gasteiger partial charge in [-0.2, -0.15) is 0 Å². The molecule has 1 aromatic rings. The van der Waals surface area contributed by atoms with Crippen LogP contribution in [-0.4, -0.2) is 23.0 Å². The Morgan fingerprint density at radius 3 is 2.61 bits per heavy atom. The van der Waals surface area contributed by atoms with Gasteiger partial charge in [0, 0.05) is 17.4 Å². The molecule has 0 radical (unpaired) electrons. The molecule has 0 aliphatic heterocycles. The summed E-state index contributed by atoms with van der Waals surface area (Å²) in [5.41, 5.74) is -0.339. The van der Waals surface area contributed by atoms with Crippen molar-refractivity contribution in [2.45, 2.75) is 32.5 Å². The first kappa shape index (κ1) is 19.9. The van der Waals surface area contributed by atoms with Crippen molar-refractivity contribution in [2.75, 3.05) is 0 Å². The largest absolute Gasteiger partial charge is 0.573 e. The fourth-order valence-electron chi connectivity index (χ4n) is 4.33. The summed E-state index contributed by atoms with van der Waals surface area (Å²) in [6, 6.07) is 3.14. The van der Waals surface area contributed by atoms with Gasteiger partial charge < -0.3 is 9.84 Å². The minimum absolute atomic E-state index is 0.0796. The molecule has 3 atom stereocenters. The Bertz CT molecular complexity index is 926. The van der Waals surface area contributed by atoms with Gasteiger partial charge in [0.15, 0.2) is 11.6 Å². The fourth-order valence-corrected chi connectivity index (χ4v) is 4.33. The van der Waals surface area contributed by atoms with E-state index in [2.05, 4.69) is 11.3 Å². The first-order chi connectivity index (χ1) is 13.0. The second-order valence-electron chi connectivity index (χ2n) is 7.24. The minimum atomic E-state index is -4.90. The summed E-state index contributed by atoms with van der Waals surface area (Å²) < 4.78 is 41.9. The van der Waals surface area contributed by atoms with Crippen LogP contribution in [0, 0.1) is 11.3 Å². The molecule has 7 heteroatoms. The van der Waals surface area contributed by atoms with Gasteiger partial charge in [-0.15, -0.1) is 13.2 Å². The highest BCUT2D eigenvalue weighted by atomic mass is 19.4. The number of phenols is 1. The Balaban J connectivity index is 2.21. The molecule has 0 saturated heterocycles. The molecule has 1 aromatic carbocycles. The predicted molar refractivity (Wildman–Crippen MR) is 95.8 cm³/mol. The molecule has 2 aliphatic rings. The summed E-state index contributed by atoms with van der Waals surface area (Å²) in [6.45, 7) is 6.88. The number of allylic oxidation sites excluding steroid dienone is 5. The van der Waals surface area contributed by atoms with Crippen molar-refractivity contribution in [1.82, 2.24) is 0 Å². The summed E-state index contributed by atoms with van der Waals surface area (Å²) in [7, 11) is 0. The molecule has 3 rings (SSSR count). The molecule has 28 heavy (non-hydrogen) atoms. The molecular weight excluding hydrogens is 373 g/mol. The minimum Gasteiger partial charge on any atom is -0.508 e. The zero-order valence-electron chi connectivity index (χ0n) is 15.3. The number of ketones is 2. The molecule has 0 spiro atoms. The highest BCUT2D eigenvalue weighted by Crippen LogP contribution is 2.56. The van der Waals surface area contributed by atoms with Gasteiger partial charge in [-0.25, -0.2) is 0 Å². The molecule has 0 bridgehead atoms. The quantitative estimate of drug-likeness (QED) is 0.816. The zero-order valence-corrected chi connectivity index (χ0v) is 15.3. The van der Waals surface area contributed by atoms with Gasteiger partial charge in [-0.3, -0.25) is 9.59 Å². The van der Waals surface area contributed by atoms with Crippen LogP contribution in [0.3, 0.4) is 0 Å². The number of rotatable bonds is 3. The summed E-state index contributed by atoms with van der Waals surface area (Å²) in [6.07, 6.45) is -0.0567. The summed E-state index contributed by atoms with van der Waals surface area (Å²) in [5.74, 6) is -2.83. The van der Waals surface area contributed by atoms with Crippen LogP contribution in [-0.2, 0) is 9.59 Å². The van der Waals surface area contributed by atoms with Crippen LogP contribution in [0.15, 0.2) is 54.2 Å². The number of aromatic hydroxyl groups is 1. The number of phenolic OH excluding ortho intramolecular Hbond substituents is 1. The van der Waals surface area contributed by atoms with E-state index >= 15 is 0 Å². The molecule has 0 saturated carbocycles. The van der Waals surface area contributed by atoms with Crippen molar-refractivity contribution in [3.05, 3.63) is 59.7 Å². The topological polar surface area (TPSA) is 63.6 Å². The third kappa shape index (κ3) is 3.15. The van der Waals surface area contributed by atoms with Gasteiger partial charge in [0.2, 0.25) is 0 Å². The van der Waals surface area contributed by atoms with Crippen molar-refractivity contribution in [1.29, 1.82) is 0 Å². The number of hydrogen-bond acceptors (Lipinski definition) is 4. The smallest absolute Gasteiger partial charge is 0.508 e. The van der Waals surface area contributed by atoms with Crippen LogP contribution in [0.5, 0.6) is 11.5 Å². The normalized spacial score (nSPS) is 27.6. The van der Waals surface area contributed by atoms with Gasteiger partial charge >= 0.3 is 6.36 Å². The van der Waals surface area contributed by atoms with E-state index in [-0.39, 0.29) is 28.5 Å². The monoisotopic (exact) mass is 392 g/mol. The molecule has 1 N–H and O–H groups in total. The molecule has 2 aliphatic carbocycles. The van der Waals surface area contributed by atoms with Gasteiger partial charge in [0.25, 0.3) is 0 Å². The Morgan fingerprint density at radius 2 is 2.00 bits per heavy atom. The SMILES string of the molecule is C=CC1=CCC2C(=O)C=C(C)C(=O)C2(C)C1c1cc(OC(F)(F)F)ccc1O. The molecule has 148 valence electrons. The van der Waals surface area contributed by atoms with Crippen molar-refractivity contribution in [3.63, 3.8) is 0 Å². The lowest BCUT2D eigenvalue weighted by Crippen LogP contribution is -2.49. The van der Waals surface area contributed by atoms with Crippen LogP contribution in [0.2, 0.25) is 0 Å². The molecule has 0 heterocycles. The molecule has 3 unspecified atom stereocenters. The Hall–Kier alpha value is -2.83. The number of halogens is 3. The third-order valence-electron chi connectivity index (χ3n) is 5.58. The van der Waals surface area contributed by atoms with Gasteiger partial charge in [0.1, 0.15) is 11.5 Å². The Labute approximate surface area is 160 Å². The first-order valence-corrected chi connectivity index (χ1v) is 8.67. The van der Waals surface area contributed by atoms with E-state index in [1.807, 2.05) is 0 Å². The van der Waals surface area contributed by atoms with E-state index in [1.165, 1.54) is 19.1 Å². The lowest BCUT2D eigenvalue weighted by molar-refractivity contribution is -0.274. The van der Waals surface area contributed by atoms with E-state index in [1.54, 1.807) is 13.0 Å². The number of Topliss-reactive ketones (excluding diaryl/α,β-unsaturated/α-hetero) is 1. The molecule has 0 aromatic heterocycles. The van der Waals surface area contributed by atoms with Crippen LogP contribution < -0.4 is 4.74 Å². The van der Waals surface area contributed by atoms with Gasteiger partial charge in [-0.05, 0) is 48.8 Å². The Kier molecular flexibility index (Phi) is 4.73. The number of ether oxygens (including phenoxy) is 1. The predicted octanol–water partition coefficient (Wildman–Crippen LogP) is 4.61. The maximum absolute atomic E-state index is 13.1. The average molecular weight is 392 g/mol. The molecule has 4 nitrogen and oxygen atoms in total. The number of hydrogen-bond donors (Lipinski definition) is 1. The third-order valence-corrected chi connectivity index (χ3v) is 5.58. The zero-order chi connectivity index (χ0) is 20.9. The van der Waals surface area contributed by atoms with E-state index in [0.717, 1.165) is 18.2 Å². The van der Waals surface area contributed by atoms with Crippen LogP contribution in [0.1, 0.15) is 31.7 Å². The van der Waals surface area contributed by atoms with Crippen LogP contribution >= 0.6 is 0 Å². The lowest BCUT2D eigenvalue weighted by atomic mass is 9.53. The maximum Gasteiger partial charge on any atom is 0.573 e.